The molecule has 6 heteroatoms. The number of piperidine rings is 1. The Kier molecular flexibility index (Phi) is 8.90. The van der Waals surface area contributed by atoms with Crippen molar-refractivity contribution in [3.05, 3.63) is 0 Å². The van der Waals surface area contributed by atoms with Gasteiger partial charge in [-0.15, -0.1) is 12.4 Å². The van der Waals surface area contributed by atoms with E-state index in [1.54, 1.807) is 6.92 Å². The summed E-state index contributed by atoms with van der Waals surface area (Å²) in [6, 6.07) is -0.477. The molecule has 1 heterocycles. The fourth-order valence-corrected chi connectivity index (χ4v) is 2.36. The Hall–Kier alpha value is -0.810. The van der Waals surface area contributed by atoms with Crippen molar-refractivity contribution in [3.63, 3.8) is 0 Å². The van der Waals surface area contributed by atoms with Crippen LogP contribution in [-0.4, -0.2) is 36.5 Å². The SMILES string of the molecule is CC(NC(=O)CCC1CCNCC1)C(=O)NC(C)(C)C.Cl. The molecule has 2 amide bonds. The zero-order valence-corrected chi connectivity index (χ0v) is 14.4. The van der Waals surface area contributed by atoms with Crippen LogP contribution in [0.2, 0.25) is 0 Å². The largest absolute Gasteiger partial charge is 0.350 e. The molecule has 5 nitrogen and oxygen atoms in total. The first kappa shape index (κ1) is 20.2. The van der Waals surface area contributed by atoms with Crippen molar-refractivity contribution in [3.8, 4) is 0 Å². The maximum atomic E-state index is 11.9. The smallest absolute Gasteiger partial charge is 0.242 e. The number of carbonyl (C=O) groups is 2. The average molecular weight is 320 g/mol. The van der Waals surface area contributed by atoms with E-state index in [-0.39, 0.29) is 29.8 Å². The molecule has 0 aliphatic carbocycles. The van der Waals surface area contributed by atoms with Crippen molar-refractivity contribution in [2.45, 2.75) is 65.0 Å². The van der Waals surface area contributed by atoms with Crippen LogP contribution in [0.1, 0.15) is 53.4 Å². The molecule has 0 saturated carbocycles. The second-order valence-corrected chi connectivity index (χ2v) is 6.76. The van der Waals surface area contributed by atoms with Crippen LogP contribution in [0.4, 0.5) is 0 Å². The number of hydrogen-bond donors (Lipinski definition) is 3. The second-order valence-electron chi connectivity index (χ2n) is 6.76. The van der Waals surface area contributed by atoms with Crippen LogP contribution in [0.15, 0.2) is 0 Å². The minimum Gasteiger partial charge on any atom is -0.350 e. The maximum absolute atomic E-state index is 11.9. The summed E-state index contributed by atoms with van der Waals surface area (Å²) in [6.45, 7) is 9.61. The van der Waals surface area contributed by atoms with Gasteiger partial charge >= 0.3 is 0 Å². The predicted octanol–water partition coefficient (Wildman–Crippen LogP) is 1.61. The highest BCUT2D eigenvalue weighted by molar-refractivity contribution is 5.87. The number of hydrogen-bond acceptors (Lipinski definition) is 3. The Morgan fingerprint density at radius 2 is 1.81 bits per heavy atom. The van der Waals surface area contributed by atoms with Gasteiger partial charge in [0.05, 0.1) is 0 Å². The normalized spacial score (nSPS) is 17.5. The monoisotopic (exact) mass is 319 g/mol. The topological polar surface area (TPSA) is 70.2 Å². The molecule has 0 aromatic rings. The van der Waals surface area contributed by atoms with E-state index < -0.39 is 6.04 Å². The molecule has 0 aromatic heterocycles. The molecule has 1 aliphatic rings. The van der Waals surface area contributed by atoms with Gasteiger partial charge in [-0.2, -0.15) is 0 Å². The number of rotatable bonds is 5. The molecule has 0 spiro atoms. The Morgan fingerprint density at radius 3 is 2.33 bits per heavy atom. The maximum Gasteiger partial charge on any atom is 0.242 e. The lowest BCUT2D eigenvalue weighted by Gasteiger charge is -2.24. The Morgan fingerprint density at radius 1 is 1.24 bits per heavy atom. The zero-order chi connectivity index (χ0) is 15.2. The summed E-state index contributed by atoms with van der Waals surface area (Å²) < 4.78 is 0. The van der Waals surface area contributed by atoms with Crippen LogP contribution in [0.5, 0.6) is 0 Å². The average Bonchev–Trinajstić information content (AvgIpc) is 2.35. The fourth-order valence-electron chi connectivity index (χ4n) is 2.36. The van der Waals surface area contributed by atoms with Crippen molar-refractivity contribution in [1.82, 2.24) is 16.0 Å². The van der Waals surface area contributed by atoms with Crippen molar-refractivity contribution in [1.29, 1.82) is 0 Å². The Balaban J connectivity index is 0.00000400. The van der Waals surface area contributed by atoms with Gasteiger partial charge in [0, 0.05) is 12.0 Å². The molecule has 1 unspecified atom stereocenters. The number of nitrogens with one attached hydrogen (secondary N) is 3. The summed E-state index contributed by atoms with van der Waals surface area (Å²) in [5.74, 6) is 0.480. The number of halogens is 1. The summed E-state index contributed by atoms with van der Waals surface area (Å²) in [7, 11) is 0. The molecule has 1 aliphatic heterocycles. The fraction of sp³-hybridized carbons (Fsp3) is 0.867. The summed E-state index contributed by atoms with van der Waals surface area (Å²) >= 11 is 0. The van der Waals surface area contributed by atoms with E-state index in [4.69, 9.17) is 0 Å². The van der Waals surface area contributed by atoms with E-state index in [0.717, 1.165) is 32.4 Å². The second kappa shape index (κ2) is 9.26. The quantitative estimate of drug-likeness (QED) is 0.721. The van der Waals surface area contributed by atoms with Crippen molar-refractivity contribution < 1.29 is 9.59 Å². The summed E-state index contributed by atoms with van der Waals surface area (Å²) in [4.78, 5) is 23.7. The lowest BCUT2D eigenvalue weighted by Crippen LogP contribution is -2.50. The summed E-state index contributed by atoms with van der Waals surface area (Å²) in [5, 5.41) is 8.96. The Labute approximate surface area is 134 Å². The van der Waals surface area contributed by atoms with E-state index >= 15 is 0 Å². The molecule has 21 heavy (non-hydrogen) atoms. The first-order valence-electron chi connectivity index (χ1n) is 7.60. The highest BCUT2D eigenvalue weighted by atomic mass is 35.5. The van der Waals surface area contributed by atoms with Crippen LogP contribution in [0.3, 0.4) is 0 Å². The van der Waals surface area contributed by atoms with Crippen LogP contribution < -0.4 is 16.0 Å². The first-order chi connectivity index (χ1) is 9.28. The molecular weight excluding hydrogens is 290 g/mol. The molecule has 1 atom stereocenters. The van der Waals surface area contributed by atoms with Crippen molar-refractivity contribution in [2.75, 3.05) is 13.1 Å². The summed E-state index contributed by atoms with van der Waals surface area (Å²) in [6.07, 6.45) is 3.72. The lowest BCUT2D eigenvalue weighted by molar-refractivity contribution is -0.129. The van der Waals surface area contributed by atoms with E-state index in [1.165, 1.54) is 0 Å². The van der Waals surface area contributed by atoms with Crippen LogP contribution in [0, 0.1) is 5.92 Å². The highest BCUT2D eigenvalue weighted by Crippen LogP contribution is 2.17. The van der Waals surface area contributed by atoms with E-state index in [1.807, 2.05) is 20.8 Å². The predicted molar refractivity (Wildman–Crippen MR) is 87.6 cm³/mol. The van der Waals surface area contributed by atoms with Gasteiger partial charge in [-0.25, -0.2) is 0 Å². The molecule has 0 bridgehead atoms. The lowest BCUT2D eigenvalue weighted by atomic mass is 9.93. The zero-order valence-electron chi connectivity index (χ0n) is 13.6. The van der Waals surface area contributed by atoms with E-state index in [0.29, 0.717) is 12.3 Å². The van der Waals surface area contributed by atoms with E-state index in [9.17, 15) is 9.59 Å². The molecular formula is C15H30ClN3O2. The molecule has 0 radical (unpaired) electrons. The molecule has 124 valence electrons. The minimum atomic E-state index is -0.477. The molecule has 1 rings (SSSR count). The van der Waals surface area contributed by atoms with Gasteiger partial charge in [-0.1, -0.05) is 0 Å². The van der Waals surface area contributed by atoms with Crippen LogP contribution in [-0.2, 0) is 9.59 Å². The van der Waals surface area contributed by atoms with Gasteiger partial charge in [0.1, 0.15) is 6.04 Å². The van der Waals surface area contributed by atoms with Crippen LogP contribution in [0.25, 0.3) is 0 Å². The van der Waals surface area contributed by atoms with Gasteiger partial charge in [0.25, 0.3) is 0 Å². The minimum absolute atomic E-state index is 0. The van der Waals surface area contributed by atoms with Gasteiger partial charge in [-0.05, 0) is 66.0 Å². The third kappa shape index (κ3) is 8.94. The number of amides is 2. The van der Waals surface area contributed by atoms with E-state index in [2.05, 4.69) is 16.0 Å². The molecule has 1 fully saturated rings. The molecule has 0 aromatic carbocycles. The Bertz CT molecular complexity index is 336. The standard InChI is InChI=1S/C15H29N3O2.ClH/c1-11(14(20)18-15(2,3)4)17-13(19)6-5-12-7-9-16-10-8-12;/h11-12,16H,5-10H2,1-4H3,(H,17,19)(H,18,20);1H. The third-order valence-electron chi connectivity index (χ3n) is 3.51. The van der Waals surface area contributed by atoms with Gasteiger partial charge < -0.3 is 16.0 Å². The molecule has 3 N–H and O–H groups in total. The van der Waals surface area contributed by atoms with Crippen molar-refractivity contribution >= 4 is 24.2 Å². The van der Waals surface area contributed by atoms with Gasteiger partial charge in [0.15, 0.2) is 0 Å². The third-order valence-corrected chi connectivity index (χ3v) is 3.51. The number of carbonyl (C=O) groups excluding carboxylic acids is 2. The first-order valence-corrected chi connectivity index (χ1v) is 7.60. The van der Waals surface area contributed by atoms with Crippen molar-refractivity contribution in [2.24, 2.45) is 5.92 Å². The summed E-state index contributed by atoms with van der Waals surface area (Å²) in [5.41, 5.74) is -0.273. The molecule has 1 saturated heterocycles. The van der Waals surface area contributed by atoms with Gasteiger partial charge in [0.2, 0.25) is 11.8 Å². The van der Waals surface area contributed by atoms with Gasteiger partial charge in [-0.3, -0.25) is 9.59 Å². The van der Waals surface area contributed by atoms with Crippen LogP contribution >= 0.6 is 12.4 Å². The highest BCUT2D eigenvalue weighted by Gasteiger charge is 2.21.